The molecule has 0 N–H and O–H groups in total. The van der Waals surface area contributed by atoms with E-state index in [1.54, 1.807) is 21.3 Å². The highest BCUT2D eigenvalue weighted by molar-refractivity contribution is 5.17. The van der Waals surface area contributed by atoms with Gasteiger partial charge in [0, 0.05) is 95.8 Å². The number of methoxy groups -OCH3 is 12. The Kier molecular flexibility index (Phi) is 22.2. The van der Waals surface area contributed by atoms with E-state index < -0.39 is 160 Å². The summed E-state index contributed by atoms with van der Waals surface area (Å²) in [5.41, 5.74) is 10.2. The van der Waals surface area contributed by atoms with Crippen molar-refractivity contribution in [3.05, 3.63) is 46.3 Å². The lowest BCUT2D eigenvalue weighted by molar-refractivity contribution is -0.403. The van der Waals surface area contributed by atoms with E-state index in [4.69, 9.17) is 114 Å². The highest BCUT2D eigenvalue weighted by Crippen LogP contribution is 2.42. The van der Waals surface area contributed by atoms with Gasteiger partial charge in [0.25, 0.3) is 0 Å². The van der Waals surface area contributed by atoms with Gasteiger partial charge in [0.15, 0.2) is 37.7 Å². The number of rotatable bonds is 25. The zero-order valence-corrected chi connectivity index (χ0v) is 45.1. The van der Waals surface area contributed by atoms with E-state index in [1.165, 1.54) is 64.0 Å². The van der Waals surface area contributed by atoms with Crippen LogP contribution in [0.5, 0.6) is 0 Å². The van der Waals surface area contributed by atoms with E-state index in [0.717, 1.165) is 5.56 Å². The smallest absolute Gasteiger partial charge is 0.187 e. The van der Waals surface area contributed by atoms with Gasteiger partial charge in [-0.2, -0.15) is 0 Å². The van der Waals surface area contributed by atoms with Crippen LogP contribution in [-0.2, 0) is 114 Å². The Hall–Kier alpha value is -2.43. The van der Waals surface area contributed by atoms with E-state index >= 15 is 0 Å². The molecule has 0 aliphatic carbocycles. The lowest BCUT2D eigenvalue weighted by Gasteiger charge is -2.52. The van der Waals surface area contributed by atoms with Crippen LogP contribution in [-0.4, -0.2) is 272 Å². The Bertz CT molecular complexity index is 1940. The number of azide groups is 1. The van der Waals surface area contributed by atoms with Crippen LogP contribution in [0.2, 0.25) is 0 Å². The molecule has 7 aliphatic heterocycles. The molecule has 1 aromatic carbocycles. The number of ether oxygens (including phenoxy) is 24. The monoisotopic (exact) mass is 1090 g/mol. The summed E-state index contributed by atoms with van der Waals surface area (Å²) >= 11 is 0. The third kappa shape index (κ3) is 12.4. The first-order valence-electron chi connectivity index (χ1n) is 25.2. The molecule has 8 rings (SSSR count). The number of nitrogens with zero attached hydrogens (tertiary/aromatic N) is 3. The SMILES string of the molecule is COCC1O[C@@H](O[C@H]2C(OC)C(OC)[C@@H](O[C@H]3C(OC)C(OC)[C@H](O[C@H]4C5CO[C@H](O5)C(N=[N+]=[N-])[C@@H]4OC)O[C@H]3COC)O[C@H]2COC)C(OC)[C@H](OC)[C@@H]1O[C@@H]1OC2COC(c3ccccc3)O[C@H]2[C@H](OC)C1OC. The van der Waals surface area contributed by atoms with Gasteiger partial charge in [-0.3, -0.25) is 0 Å². The number of hydrogen-bond donors (Lipinski definition) is 0. The molecule has 2 bridgehead atoms. The van der Waals surface area contributed by atoms with Crippen LogP contribution in [0.3, 0.4) is 0 Å². The molecule has 11 unspecified atom stereocenters. The molecule has 432 valence electrons. The van der Waals surface area contributed by atoms with Crippen molar-refractivity contribution in [3.63, 3.8) is 0 Å². The van der Waals surface area contributed by atoms with E-state index in [2.05, 4.69) is 10.0 Å². The van der Waals surface area contributed by atoms with Crippen LogP contribution in [0.25, 0.3) is 10.4 Å². The third-order valence-corrected chi connectivity index (χ3v) is 15.0. The van der Waals surface area contributed by atoms with Gasteiger partial charge in [0.1, 0.15) is 116 Å². The fourth-order valence-corrected chi connectivity index (χ4v) is 11.4. The van der Waals surface area contributed by atoms with Gasteiger partial charge in [0.05, 0.1) is 39.1 Å². The molecule has 27 nitrogen and oxygen atoms in total. The Balaban J connectivity index is 0.993. The third-order valence-electron chi connectivity index (χ3n) is 15.0. The summed E-state index contributed by atoms with van der Waals surface area (Å²) in [6.07, 6.45) is -21.1. The van der Waals surface area contributed by atoms with Crippen molar-refractivity contribution in [1.29, 1.82) is 0 Å². The molecule has 0 amide bonds. The molecular formula is C49H77N3O24. The molecule has 0 radical (unpaired) electrons. The summed E-state index contributed by atoms with van der Waals surface area (Å²) in [5, 5.41) is 3.90. The normalized spacial score (nSPS) is 44.5. The largest absolute Gasteiger partial charge is 0.382 e. The van der Waals surface area contributed by atoms with Crippen molar-refractivity contribution in [1.82, 2.24) is 0 Å². The summed E-state index contributed by atoms with van der Waals surface area (Å²) < 4.78 is 150. The molecule has 7 heterocycles. The molecule has 27 heteroatoms. The lowest BCUT2D eigenvalue weighted by Crippen LogP contribution is -2.69. The van der Waals surface area contributed by atoms with Crippen molar-refractivity contribution in [3.8, 4) is 0 Å². The average Bonchev–Trinajstić information content (AvgIpc) is 3.89. The van der Waals surface area contributed by atoms with Crippen molar-refractivity contribution >= 4 is 0 Å². The van der Waals surface area contributed by atoms with E-state index in [-0.39, 0.29) is 33.0 Å². The zero-order valence-electron chi connectivity index (χ0n) is 45.1. The van der Waals surface area contributed by atoms with Crippen molar-refractivity contribution in [2.75, 3.05) is 118 Å². The summed E-state index contributed by atoms with van der Waals surface area (Å²) in [5.74, 6) is 0. The van der Waals surface area contributed by atoms with Crippen molar-refractivity contribution in [2.45, 2.75) is 160 Å². The molecule has 0 saturated carbocycles. The Morgan fingerprint density at radius 1 is 0.434 bits per heavy atom. The molecule has 0 spiro atoms. The minimum Gasteiger partial charge on any atom is -0.382 e. The van der Waals surface area contributed by atoms with Crippen molar-refractivity contribution in [2.24, 2.45) is 5.11 Å². The van der Waals surface area contributed by atoms with Crippen LogP contribution < -0.4 is 0 Å². The Labute approximate surface area is 442 Å². The second-order valence-electron chi connectivity index (χ2n) is 19.0. The summed E-state index contributed by atoms with van der Waals surface area (Å²) in [4.78, 5) is 2.99. The van der Waals surface area contributed by atoms with Gasteiger partial charge >= 0.3 is 0 Å². The quantitative estimate of drug-likeness (QED) is 0.0752. The molecule has 7 fully saturated rings. The Morgan fingerprint density at radius 2 is 0.842 bits per heavy atom. The van der Waals surface area contributed by atoms with E-state index in [1.807, 2.05) is 30.3 Å². The number of benzene rings is 1. The van der Waals surface area contributed by atoms with Gasteiger partial charge < -0.3 is 114 Å². The highest BCUT2D eigenvalue weighted by Gasteiger charge is 2.60. The fraction of sp³-hybridized carbons (Fsp3) is 0.878. The van der Waals surface area contributed by atoms with Gasteiger partial charge in [-0.25, -0.2) is 0 Å². The minimum atomic E-state index is -1.16. The molecule has 7 saturated heterocycles. The topological polar surface area (TPSA) is 270 Å². The second kappa shape index (κ2) is 28.3. The fourth-order valence-electron chi connectivity index (χ4n) is 11.4. The second-order valence-corrected chi connectivity index (χ2v) is 19.0. The average molecular weight is 1090 g/mol. The first-order valence-corrected chi connectivity index (χ1v) is 25.2. The summed E-state index contributed by atoms with van der Waals surface area (Å²) in [7, 11) is 18.3. The van der Waals surface area contributed by atoms with E-state index in [9.17, 15) is 5.53 Å². The molecular weight excluding hydrogens is 1010 g/mol. The van der Waals surface area contributed by atoms with E-state index in [0.29, 0.717) is 0 Å². The first-order chi connectivity index (χ1) is 37.1. The van der Waals surface area contributed by atoms with Gasteiger partial charge in [0.2, 0.25) is 0 Å². The molecule has 0 aromatic heterocycles. The maximum atomic E-state index is 9.36. The molecule has 76 heavy (non-hydrogen) atoms. The standard InChI is InChI=1S/C49H77N3O24/c1-53-18-24-31(36(57-5)40(61-9)46(68-24)73-30-27-22-66-45(67-27)29(51-52-50)35(30)56-4)74-47-41(62-10)37(58-6)32(25(69-47)19-54-2)75-48-42(63-11)38(59-7)33(26(70-48)20-55-3)76-49-43(64-12)39(60-8)34-28(71-49)21-65-44(72-34)23-16-14-13-15-17-23/h13-17,24-49H,18-22H2,1-12H3/t24-,25-,26?,27?,28?,29?,30-,31+,32+,33+,34+,35-,36?,37?,38+,39-,40?,41?,42?,43?,44?,45+,46-,47+,48-,49-/m0/s1. The molecule has 7 aliphatic rings. The van der Waals surface area contributed by atoms with Crippen LogP contribution in [0.1, 0.15) is 11.9 Å². The first kappa shape index (κ1) is 59.7. The number of hydrogen-bond acceptors (Lipinski definition) is 25. The predicted octanol–water partition coefficient (Wildman–Crippen LogP) is 1.05. The maximum Gasteiger partial charge on any atom is 0.187 e. The van der Waals surface area contributed by atoms with Crippen LogP contribution in [0.4, 0.5) is 0 Å². The molecule has 26 atom stereocenters. The summed E-state index contributed by atoms with van der Waals surface area (Å²) in [6.45, 7) is 0.429. The number of fused-ring (bicyclic) bond motifs is 3. The van der Waals surface area contributed by atoms with Gasteiger partial charge in [-0.15, -0.1) is 0 Å². The van der Waals surface area contributed by atoms with Crippen LogP contribution in [0.15, 0.2) is 35.4 Å². The highest BCUT2D eigenvalue weighted by atomic mass is 16.8. The van der Waals surface area contributed by atoms with Crippen LogP contribution in [0, 0.1) is 0 Å². The summed E-state index contributed by atoms with van der Waals surface area (Å²) in [6, 6.07) is 8.80. The van der Waals surface area contributed by atoms with Gasteiger partial charge in [-0.1, -0.05) is 35.4 Å². The maximum absolute atomic E-state index is 9.36. The minimum absolute atomic E-state index is 0.00555. The van der Waals surface area contributed by atoms with Crippen LogP contribution >= 0.6 is 0 Å². The Morgan fingerprint density at radius 3 is 1.26 bits per heavy atom. The predicted molar refractivity (Wildman–Crippen MR) is 254 cm³/mol. The molecule has 1 aromatic rings. The van der Waals surface area contributed by atoms with Gasteiger partial charge in [-0.05, 0) is 5.53 Å². The van der Waals surface area contributed by atoms with Crippen molar-refractivity contribution < 1.29 is 114 Å². The lowest BCUT2D eigenvalue weighted by atomic mass is 9.94. The zero-order chi connectivity index (χ0) is 54.0.